The Labute approximate surface area is 130 Å². The number of benzene rings is 1. The fraction of sp³-hybridized carbons (Fsp3) is 0.625. The molecular formula is C16H24FNO4. The van der Waals surface area contributed by atoms with Crippen molar-refractivity contribution in [1.82, 2.24) is 0 Å². The molecular weight excluding hydrogens is 289 g/mol. The van der Waals surface area contributed by atoms with E-state index < -0.39 is 5.79 Å². The molecule has 5 nitrogen and oxygen atoms in total. The van der Waals surface area contributed by atoms with Gasteiger partial charge in [-0.2, -0.15) is 9.78 Å². The van der Waals surface area contributed by atoms with Crippen LogP contribution in [0.5, 0.6) is 0 Å². The maximum absolute atomic E-state index is 12.9. The van der Waals surface area contributed by atoms with Gasteiger partial charge >= 0.3 is 0 Å². The second-order valence-electron chi connectivity index (χ2n) is 5.62. The van der Waals surface area contributed by atoms with Gasteiger partial charge in [-0.25, -0.2) is 14.2 Å². The molecule has 0 saturated carbocycles. The zero-order valence-corrected chi connectivity index (χ0v) is 13.2. The van der Waals surface area contributed by atoms with E-state index in [1.165, 1.54) is 25.0 Å². The van der Waals surface area contributed by atoms with Gasteiger partial charge in [-0.1, -0.05) is 26.2 Å². The quantitative estimate of drug-likeness (QED) is 0.583. The molecule has 0 aliphatic carbocycles. The first kappa shape index (κ1) is 17.1. The van der Waals surface area contributed by atoms with Gasteiger partial charge in [0.1, 0.15) is 5.82 Å². The van der Waals surface area contributed by atoms with E-state index in [0.717, 1.165) is 18.5 Å². The van der Waals surface area contributed by atoms with Gasteiger partial charge in [-0.15, -0.1) is 0 Å². The summed E-state index contributed by atoms with van der Waals surface area (Å²) in [5, 5.41) is 0. The predicted octanol–water partition coefficient (Wildman–Crippen LogP) is 4.14. The van der Waals surface area contributed by atoms with E-state index in [0.29, 0.717) is 6.42 Å². The van der Waals surface area contributed by atoms with Crippen molar-refractivity contribution in [2.45, 2.75) is 51.7 Å². The maximum atomic E-state index is 12.9. The minimum Gasteiger partial charge on any atom is -0.320 e. The lowest BCUT2D eigenvalue weighted by Crippen LogP contribution is -2.40. The molecule has 1 aromatic carbocycles. The Bertz CT molecular complexity index is 430. The van der Waals surface area contributed by atoms with Crippen LogP contribution in [-0.2, 0) is 19.6 Å². The summed E-state index contributed by atoms with van der Waals surface area (Å²) in [6.45, 7) is 4.33. The Hall–Kier alpha value is -1.21. The summed E-state index contributed by atoms with van der Waals surface area (Å²) >= 11 is 0. The molecule has 1 heterocycles. The molecule has 1 aliphatic heterocycles. The third kappa shape index (κ3) is 5.21. The molecule has 0 aromatic heterocycles. The number of halogens is 1. The number of unbranched alkanes of at least 4 members (excludes halogenated alkanes) is 3. The summed E-state index contributed by atoms with van der Waals surface area (Å²) in [5.41, 5.74) is 0.764. The summed E-state index contributed by atoms with van der Waals surface area (Å²) in [4.78, 5) is 23.0. The number of hydrogen-bond donors (Lipinski definition) is 0. The van der Waals surface area contributed by atoms with Crippen LogP contribution in [-0.4, -0.2) is 19.2 Å². The van der Waals surface area contributed by atoms with Crippen molar-refractivity contribution in [2.24, 2.45) is 0 Å². The van der Waals surface area contributed by atoms with Crippen LogP contribution in [0, 0.1) is 5.82 Å². The van der Waals surface area contributed by atoms with E-state index in [4.69, 9.17) is 19.6 Å². The van der Waals surface area contributed by atoms with Gasteiger partial charge in [0.15, 0.2) is 13.5 Å². The molecule has 2 rings (SSSR count). The molecule has 0 N–H and O–H groups in total. The molecule has 0 radical (unpaired) electrons. The molecule has 0 atom stereocenters. The lowest BCUT2D eigenvalue weighted by atomic mass is 10.1. The van der Waals surface area contributed by atoms with E-state index >= 15 is 0 Å². The van der Waals surface area contributed by atoms with E-state index in [1.807, 2.05) is 0 Å². The fourth-order valence-corrected chi connectivity index (χ4v) is 2.24. The topological polar surface area (TPSA) is 40.2 Å². The fourth-order valence-electron chi connectivity index (χ4n) is 2.24. The van der Waals surface area contributed by atoms with Crippen molar-refractivity contribution in [1.29, 1.82) is 0 Å². The lowest BCUT2D eigenvalue weighted by Gasteiger charge is -2.33. The molecule has 0 unspecified atom stereocenters. The van der Waals surface area contributed by atoms with Crippen molar-refractivity contribution in [3.05, 3.63) is 30.1 Å². The van der Waals surface area contributed by atoms with Gasteiger partial charge in [0.2, 0.25) is 5.79 Å². The van der Waals surface area contributed by atoms with E-state index in [-0.39, 0.29) is 19.3 Å². The second-order valence-corrected chi connectivity index (χ2v) is 5.62. The van der Waals surface area contributed by atoms with E-state index in [2.05, 4.69) is 6.92 Å². The molecule has 0 amide bonds. The molecule has 6 heteroatoms. The Morgan fingerprint density at radius 2 is 1.68 bits per heavy atom. The molecule has 1 saturated heterocycles. The SMILES string of the molecule is CCCCCCC1(C)OOCN(c2ccc(F)cc2)COO1. The first-order valence-corrected chi connectivity index (χ1v) is 7.75. The molecule has 0 spiro atoms. The van der Waals surface area contributed by atoms with Crippen LogP contribution in [0.4, 0.5) is 10.1 Å². The van der Waals surface area contributed by atoms with Crippen LogP contribution in [0.15, 0.2) is 24.3 Å². The number of rotatable bonds is 6. The van der Waals surface area contributed by atoms with Crippen LogP contribution in [0.25, 0.3) is 0 Å². The van der Waals surface area contributed by atoms with Crippen LogP contribution in [0.1, 0.15) is 46.0 Å². The van der Waals surface area contributed by atoms with E-state index in [1.54, 1.807) is 24.0 Å². The molecule has 22 heavy (non-hydrogen) atoms. The molecule has 124 valence electrons. The highest BCUT2D eigenvalue weighted by Crippen LogP contribution is 2.25. The van der Waals surface area contributed by atoms with Crippen molar-refractivity contribution in [3.8, 4) is 0 Å². The van der Waals surface area contributed by atoms with Crippen molar-refractivity contribution in [3.63, 3.8) is 0 Å². The largest absolute Gasteiger partial charge is 0.320 e. The number of hydrogen-bond acceptors (Lipinski definition) is 5. The van der Waals surface area contributed by atoms with Crippen LogP contribution in [0.2, 0.25) is 0 Å². The summed E-state index contributed by atoms with van der Waals surface area (Å²) in [7, 11) is 0. The highest BCUT2D eigenvalue weighted by molar-refractivity contribution is 5.45. The van der Waals surface area contributed by atoms with Crippen LogP contribution in [0.3, 0.4) is 0 Å². The monoisotopic (exact) mass is 313 g/mol. The van der Waals surface area contributed by atoms with Gasteiger partial charge in [0.25, 0.3) is 0 Å². The molecule has 1 aromatic rings. The minimum atomic E-state index is -0.900. The highest BCUT2D eigenvalue weighted by atomic mass is 19.1. The van der Waals surface area contributed by atoms with Gasteiger partial charge in [0.05, 0.1) is 0 Å². The number of anilines is 1. The average Bonchev–Trinajstić information content (AvgIpc) is 2.49. The summed E-state index contributed by atoms with van der Waals surface area (Å²) < 4.78 is 12.9. The third-order valence-corrected chi connectivity index (χ3v) is 3.56. The summed E-state index contributed by atoms with van der Waals surface area (Å²) in [5.74, 6) is -1.19. The maximum Gasteiger partial charge on any atom is 0.231 e. The zero-order chi connectivity index (χ0) is 15.8. The van der Waals surface area contributed by atoms with Crippen LogP contribution < -0.4 is 4.90 Å². The zero-order valence-electron chi connectivity index (χ0n) is 13.2. The first-order valence-electron chi connectivity index (χ1n) is 7.75. The Morgan fingerprint density at radius 1 is 1.05 bits per heavy atom. The average molecular weight is 313 g/mol. The molecule has 1 fully saturated rings. The molecule has 0 bridgehead atoms. The van der Waals surface area contributed by atoms with E-state index in [9.17, 15) is 4.39 Å². The van der Waals surface area contributed by atoms with Gasteiger partial charge in [-0.3, -0.25) is 0 Å². The van der Waals surface area contributed by atoms with Gasteiger partial charge in [-0.05, 0) is 37.6 Å². The van der Waals surface area contributed by atoms with Crippen molar-refractivity contribution < 1.29 is 23.9 Å². The smallest absolute Gasteiger partial charge is 0.231 e. The van der Waals surface area contributed by atoms with Gasteiger partial charge in [0, 0.05) is 12.1 Å². The Kier molecular flexibility index (Phi) is 6.57. The third-order valence-electron chi connectivity index (χ3n) is 3.56. The minimum absolute atomic E-state index is 0.180. The number of nitrogens with zero attached hydrogens (tertiary/aromatic N) is 1. The Morgan fingerprint density at radius 3 is 2.27 bits per heavy atom. The van der Waals surface area contributed by atoms with Crippen LogP contribution >= 0.6 is 0 Å². The predicted molar refractivity (Wildman–Crippen MR) is 80.1 cm³/mol. The molecule has 1 aliphatic rings. The van der Waals surface area contributed by atoms with Gasteiger partial charge < -0.3 is 4.90 Å². The summed E-state index contributed by atoms with van der Waals surface area (Å²) in [6.07, 6.45) is 5.18. The summed E-state index contributed by atoms with van der Waals surface area (Å²) in [6, 6.07) is 6.06. The Balaban J connectivity index is 1.82. The van der Waals surface area contributed by atoms with Crippen molar-refractivity contribution in [2.75, 3.05) is 18.4 Å². The normalized spacial score (nSPS) is 18.8. The standard InChI is InChI=1S/C16H24FNO4/c1-3-4-5-6-11-16(2)21-19-12-18(13-20-22-16)15-9-7-14(17)8-10-15/h7-10H,3-6,11-13H2,1-2H3. The second kappa shape index (κ2) is 8.43. The lowest BCUT2D eigenvalue weighted by molar-refractivity contribution is -0.518. The van der Waals surface area contributed by atoms with Crippen molar-refractivity contribution >= 4 is 5.69 Å². The first-order chi connectivity index (χ1) is 10.6. The highest BCUT2D eigenvalue weighted by Gasteiger charge is 2.31.